The van der Waals surface area contributed by atoms with Crippen LogP contribution in [0.4, 0.5) is 5.82 Å². The standard InChI is InChI=1S/C10H12N6O2/c1-16-6-13-8(15-16)5-12-7-3-4-11-9(14-7)10(17)18-2/h3-4,6H,5H2,1-2H3,(H,11,12,14). The van der Waals surface area contributed by atoms with E-state index in [1.807, 2.05) is 0 Å². The zero-order valence-electron chi connectivity index (χ0n) is 9.99. The molecule has 0 atom stereocenters. The van der Waals surface area contributed by atoms with Crippen molar-refractivity contribution < 1.29 is 9.53 Å². The Hall–Kier alpha value is -2.51. The van der Waals surface area contributed by atoms with Crippen molar-refractivity contribution in [3.63, 3.8) is 0 Å². The van der Waals surface area contributed by atoms with Crippen molar-refractivity contribution in [2.45, 2.75) is 6.54 Å². The van der Waals surface area contributed by atoms with Gasteiger partial charge in [-0.25, -0.2) is 19.7 Å². The third-order valence-electron chi connectivity index (χ3n) is 2.10. The molecule has 2 aromatic rings. The van der Waals surface area contributed by atoms with E-state index < -0.39 is 5.97 Å². The maximum atomic E-state index is 11.2. The summed E-state index contributed by atoms with van der Waals surface area (Å²) in [6, 6.07) is 1.65. The monoisotopic (exact) mass is 248 g/mol. The maximum absolute atomic E-state index is 11.2. The first kappa shape index (κ1) is 12.0. The summed E-state index contributed by atoms with van der Waals surface area (Å²) in [7, 11) is 3.07. The fraction of sp³-hybridized carbons (Fsp3) is 0.300. The quantitative estimate of drug-likeness (QED) is 0.761. The van der Waals surface area contributed by atoms with Gasteiger partial charge in [-0.15, -0.1) is 0 Å². The van der Waals surface area contributed by atoms with Gasteiger partial charge in [0.25, 0.3) is 0 Å². The van der Waals surface area contributed by atoms with Crippen LogP contribution < -0.4 is 5.32 Å². The van der Waals surface area contributed by atoms with Gasteiger partial charge in [-0.2, -0.15) is 5.10 Å². The Bertz CT molecular complexity index is 553. The van der Waals surface area contributed by atoms with Crippen LogP contribution in [0.15, 0.2) is 18.6 Å². The van der Waals surface area contributed by atoms with Gasteiger partial charge in [-0.05, 0) is 6.07 Å². The van der Waals surface area contributed by atoms with Crippen LogP contribution >= 0.6 is 0 Å². The van der Waals surface area contributed by atoms with Gasteiger partial charge >= 0.3 is 5.97 Å². The summed E-state index contributed by atoms with van der Waals surface area (Å²) in [6.07, 6.45) is 3.09. The van der Waals surface area contributed by atoms with Gasteiger partial charge in [0.2, 0.25) is 5.82 Å². The summed E-state index contributed by atoms with van der Waals surface area (Å²) < 4.78 is 6.15. The van der Waals surface area contributed by atoms with Crippen LogP contribution in [0.2, 0.25) is 0 Å². The average molecular weight is 248 g/mol. The number of aryl methyl sites for hydroxylation is 1. The Labute approximate surface area is 103 Å². The predicted molar refractivity (Wildman–Crippen MR) is 61.7 cm³/mol. The summed E-state index contributed by atoms with van der Waals surface area (Å²) in [5.74, 6) is 0.583. The fourth-order valence-electron chi connectivity index (χ4n) is 1.28. The number of nitrogens with zero attached hydrogens (tertiary/aromatic N) is 5. The van der Waals surface area contributed by atoms with Gasteiger partial charge < -0.3 is 10.1 Å². The van der Waals surface area contributed by atoms with Crippen LogP contribution in [0.5, 0.6) is 0 Å². The lowest BCUT2D eigenvalue weighted by Gasteiger charge is -2.03. The van der Waals surface area contributed by atoms with Gasteiger partial charge in [0.1, 0.15) is 12.1 Å². The molecule has 0 bridgehead atoms. The highest BCUT2D eigenvalue weighted by atomic mass is 16.5. The molecule has 0 spiro atoms. The summed E-state index contributed by atoms with van der Waals surface area (Å²) in [5, 5.41) is 7.10. The lowest BCUT2D eigenvalue weighted by Crippen LogP contribution is -2.10. The third-order valence-corrected chi connectivity index (χ3v) is 2.10. The van der Waals surface area contributed by atoms with Crippen molar-refractivity contribution in [1.82, 2.24) is 24.7 Å². The maximum Gasteiger partial charge on any atom is 0.376 e. The number of anilines is 1. The first-order chi connectivity index (χ1) is 8.69. The van der Waals surface area contributed by atoms with E-state index in [1.54, 1.807) is 24.1 Å². The van der Waals surface area contributed by atoms with Crippen molar-refractivity contribution >= 4 is 11.8 Å². The fourth-order valence-corrected chi connectivity index (χ4v) is 1.28. The summed E-state index contributed by atoms with van der Waals surface area (Å²) in [5.41, 5.74) is 0. The van der Waals surface area contributed by atoms with E-state index >= 15 is 0 Å². The Morgan fingerprint density at radius 1 is 1.50 bits per heavy atom. The molecule has 94 valence electrons. The first-order valence-corrected chi connectivity index (χ1v) is 5.19. The van der Waals surface area contributed by atoms with Crippen molar-refractivity contribution in [1.29, 1.82) is 0 Å². The van der Waals surface area contributed by atoms with E-state index in [-0.39, 0.29) is 5.82 Å². The second-order valence-corrected chi connectivity index (χ2v) is 3.45. The van der Waals surface area contributed by atoms with E-state index in [9.17, 15) is 4.79 Å². The minimum absolute atomic E-state index is 0.0106. The number of aromatic nitrogens is 5. The highest BCUT2D eigenvalue weighted by Gasteiger charge is 2.09. The summed E-state index contributed by atoms with van der Waals surface area (Å²) >= 11 is 0. The Morgan fingerprint density at radius 3 is 3.00 bits per heavy atom. The number of methoxy groups -OCH3 is 1. The molecule has 0 aromatic carbocycles. The highest BCUT2D eigenvalue weighted by molar-refractivity contribution is 5.85. The molecule has 0 aliphatic rings. The van der Waals surface area contributed by atoms with Crippen molar-refractivity contribution in [2.75, 3.05) is 12.4 Å². The number of carbonyl (C=O) groups is 1. The number of rotatable bonds is 4. The second-order valence-electron chi connectivity index (χ2n) is 3.45. The molecule has 2 heterocycles. The number of carbonyl (C=O) groups excluding carboxylic acids is 1. The molecular weight excluding hydrogens is 236 g/mol. The molecule has 0 aliphatic heterocycles. The molecule has 18 heavy (non-hydrogen) atoms. The van der Waals surface area contributed by atoms with E-state index in [2.05, 4.69) is 30.1 Å². The van der Waals surface area contributed by atoms with Crippen LogP contribution in [-0.4, -0.2) is 37.8 Å². The molecule has 0 unspecified atom stereocenters. The zero-order chi connectivity index (χ0) is 13.0. The SMILES string of the molecule is COC(=O)c1nccc(NCc2ncn(C)n2)n1. The number of hydrogen-bond donors (Lipinski definition) is 1. The number of nitrogens with one attached hydrogen (secondary N) is 1. The molecule has 1 N–H and O–H groups in total. The molecule has 0 saturated heterocycles. The Kier molecular flexibility index (Phi) is 3.46. The van der Waals surface area contributed by atoms with Crippen LogP contribution in [0.25, 0.3) is 0 Å². The Morgan fingerprint density at radius 2 is 2.33 bits per heavy atom. The first-order valence-electron chi connectivity index (χ1n) is 5.19. The van der Waals surface area contributed by atoms with Crippen molar-refractivity contribution in [3.05, 3.63) is 30.2 Å². The molecule has 8 nitrogen and oxygen atoms in total. The average Bonchev–Trinajstić information content (AvgIpc) is 2.81. The minimum Gasteiger partial charge on any atom is -0.463 e. The number of esters is 1. The van der Waals surface area contributed by atoms with E-state index in [1.165, 1.54) is 13.3 Å². The largest absolute Gasteiger partial charge is 0.463 e. The van der Waals surface area contributed by atoms with E-state index in [0.29, 0.717) is 18.2 Å². The van der Waals surface area contributed by atoms with Gasteiger partial charge in [-0.1, -0.05) is 0 Å². The normalized spacial score (nSPS) is 10.1. The van der Waals surface area contributed by atoms with E-state index in [0.717, 1.165) is 0 Å². The molecule has 0 aliphatic carbocycles. The lowest BCUT2D eigenvalue weighted by atomic mass is 10.5. The highest BCUT2D eigenvalue weighted by Crippen LogP contribution is 2.04. The summed E-state index contributed by atoms with van der Waals surface area (Å²) in [4.78, 5) is 23.1. The molecule has 2 aromatic heterocycles. The topological polar surface area (TPSA) is 94.8 Å². The molecule has 0 radical (unpaired) electrons. The smallest absolute Gasteiger partial charge is 0.376 e. The van der Waals surface area contributed by atoms with Crippen molar-refractivity contribution in [2.24, 2.45) is 7.05 Å². The molecule has 0 amide bonds. The second kappa shape index (κ2) is 5.21. The van der Waals surface area contributed by atoms with Gasteiger partial charge in [0, 0.05) is 13.2 Å². The number of ether oxygens (including phenoxy) is 1. The molecule has 8 heteroatoms. The van der Waals surface area contributed by atoms with Crippen LogP contribution in [0.3, 0.4) is 0 Å². The van der Waals surface area contributed by atoms with Crippen LogP contribution in [0, 0.1) is 0 Å². The lowest BCUT2D eigenvalue weighted by molar-refractivity contribution is 0.0587. The van der Waals surface area contributed by atoms with Gasteiger partial charge in [0.05, 0.1) is 13.7 Å². The van der Waals surface area contributed by atoms with Crippen molar-refractivity contribution in [3.8, 4) is 0 Å². The minimum atomic E-state index is -0.574. The number of hydrogen-bond acceptors (Lipinski definition) is 7. The van der Waals surface area contributed by atoms with Crippen LogP contribution in [0.1, 0.15) is 16.4 Å². The summed E-state index contributed by atoms with van der Waals surface area (Å²) in [6.45, 7) is 0.415. The van der Waals surface area contributed by atoms with Gasteiger partial charge in [0.15, 0.2) is 5.82 Å². The van der Waals surface area contributed by atoms with E-state index in [4.69, 9.17) is 0 Å². The molecule has 2 rings (SSSR count). The molecular formula is C10H12N6O2. The van der Waals surface area contributed by atoms with Gasteiger partial charge in [-0.3, -0.25) is 4.68 Å². The predicted octanol–water partition coefficient (Wildman–Crippen LogP) is 0.00380. The zero-order valence-corrected chi connectivity index (χ0v) is 9.99. The molecule has 0 saturated carbocycles. The third kappa shape index (κ3) is 2.78. The van der Waals surface area contributed by atoms with Crippen LogP contribution in [-0.2, 0) is 18.3 Å². The Balaban J connectivity index is 2.03. The molecule has 0 fully saturated rings.